The molecule has 84 valence electrons. The molecule has 0 saturated carbocycles. The lowest BCUT2D eigenvalue weighted by Crippen LogP contribution is -2.21. The van der Waals surface area contributed by atoms with Crippen LogP contribution in [0.15, 0.2) is 24.3 Å². The van der Waals surface area contributed by atoms with Crippen LogP contribution in [-0.4, -0.2) is 19.2 Å². The number of ether oxygens (including phenoxy) is 1. The van der Waals surface area contributed by atoms with Crippen LogP contribution in [0.25, 0.3) is 0 Å². The quantitative estimate of drug-likeness (QED) is 0.724. The molecule has 2 heteroatoms. The van der Waals surface area contributed by atoms with Crippen molar-refractivity contribution in [2.75, 3.05) is 13.1 Å². The summed E-state index contributed by atoms with van der Waals surface area (Å²) in [5.74, 6) is 0.971. The molecule has 1 atom stereocenters. The van der Waals surface area contributed by atoms with E-state index >= 15 is 0 Å². The molecule has 0 saturated heterocycles. The van der Waals surface area contributed by atoms with Crippen LogP contribution in [0.2, 0.25) is 0 Å². The molecule has 0 heterocycles. The predicted octanol–water partition coefficient (Wildman–Crippen LogP) is 2.76. The third-order valence-electron chi connectivity index (χ3n) is 2.30. The first-order valence-electron chi connectivity index (χ1n) is 5.66. The molecule has 2 nitrogen and oxygen atoms in total. The van der Waals surface area contributed by atoms with Crippen LogP contribution in [0.3, 0.4) is 0 Å². The molecule has 1 aromatic carbocycles. The summed E-state index contributed by atoms with van der Waals surface area (Å²) < 4.78 is 5.80. The van der Waals surface area contributed by atoms with Crippen molar-refractivity contribution in [2.24, 2.45) is 0 Å². The number of hydrogen-bond acceptors (Lipinski definition) is 2. The molecule has 15 heavy (non-hydrogen) atoms. The van der Waals surface area contributed by atoms with E-state index in [0.717, 1.165) is 25.3 Å². The van der Waals surface area contributed by atoms with E-state index in [1.54, 1.807) is 0 Å². The van der Waals surface area contributed by atoms with Crippen molar-refractivity contribution in [3.63, 3.8) is 0 Å². The van der Waals surface area contributed by atoms with Crippen LogP contribution >= 0.6 is 0 Å². The normalized spacial score (nSPS) is 12.5. The highest BCUT2D eigenvalue weighted by atomic mass is 16.5. The van der Waals surface area contributed by atoms with Crippen LogP contribution < -0.4 is 10.1 Å². The van der Waals surface area contributed by atoms with Gasteiger partial charge in [-0.2, -0.15) is 0 Å². The third kappa shape index (κ3) is 4.84. The molecule has 1 rings (SSSR count). The Labute approximate surface area is 92.6 Å². The highest BCUT2D eigenvalue weighted by molar-refractivity contribution is 5.27. The molecule has 0 amide bonds. The van der Waals surface area contributed by atoms with Gasteiger partial charge in [-0.3, -0.25) is 0 Å². The molecule has 0 aromatic heterocycles. The third-order valence-corrected chi connectivity index (χ3v) is 2.30. The first kappa shape index (κ1) is 12.1. The summed E-state index contributed by atoms with van der Waals surface area (Å²) in [6.07, 6.45) is 1.31. The van der Waals surface area contributed by atoms with Crippen LogP contribution in [0.4, 0.5) is 0 Å². The lowest BCUT2D eigenvalue weighted by atomic mass is 10.2. The SMILES string of the molecule is CCNCCC(C)Oc1cccc(C)c1. The first-order valence-corrected chi connectivity index (χ1v) is 5.66. The highest BCUT2D eigenvalue weighted by Crippen LogP contribution is 2.14. The van der Waals surface area contributed by atoms with Gasteiger partial charge in [0.2, 0.25) is 0 Å². The molecule has 0 radical (unpaired) electrons. The Kier molecular flexibility index (Phi) is 5.19. The van der Waals surface area contributed by atoms with E-state index in [4.69, 9.17) is 4.74 Å². The maximum Gasteiger partial charge on any atom is 0.119 e. The Hall–Kier alpha value is -1.02. The minimum atomic E-state index is 0.269. The summed E-state index contributed by atoms with van der Waals surface area (Å²) in [4.78, 5) is 0. The van der Waals surface area contributed by atoms with Crippen LogP contribution in [0.5, 0.6) is 5.75 Å². The number of nitrogens with one attached hydrogen (secondary N) is 1. The Morgan fingerprint density at radius 3 is 2.87 bits per heavy atom. The lowest BCUT2D eigenvalue weighted by Gasteiger charge is -2.15. The Balaban J connectivity index is 2.34. The van der Waals surface area contributed by atoms with Gasteiger partial charge in [-0.05, 0) is 51.1 Å². The molecular weight excluding hydrogens is 186 g/mol. The zero-order chi connectivity index (χ0) is 11.1. The predicted molar refractivity (Wildman–Crippen MR) is 64.4 cm³/mol. The Bertz CT molecular complexity index is 286. The molecule has 0 aliphatic rings. The zero-order valence-electron chi connectivity index (χ0n) is 9.92. The van der Waals surface area contributed by atoms with E-state index in [2.05, 4.69) is 38.2 Å². The van der Waals surface area contributed by atoms with E-state index in [-0.39, 0.29) is 6.10 Å². The fourth-order valence-corrected chi connectivity index (χ4v) is 1.46. The van der Waals surface area contributed by atoms with Crippen LogP contribution in [0.1, 0.15) is 25.8 Å². The van der Waals surface area contributed by atoms with Gasteiger partial charge in [-0.15, -0.1) is 0 Å². The van der Waals surface area contributed by atoms with E-state index in [0.29, 0.717) is 0 Å². The van der Waals surface area contributed by atoms with Gasteiger partial charge < -0.3 is 10.1 Å². The topological polar surface area (TPSA) is 21.3 Å². The Morgan fingerprint density at radius 2 is 2.20 bits per heavy atom. The maximum absolute atomic E-state index is 5.80. The van der Waals surface area contributed by atoms with Crippen molar-refractivity contribution in [1.29, 1.82) is 0 Å². The highest BCUT2D eigenvalue weighted by Gasteiger charge is 2.03. The van der Waals surface area contributed by atoms with Crippen molar-refractivity contribution in [2.45, 2.75) is 33.3 Å². The molecule has 0 aliphatic carbocycles. The first-order chi connectivity index (χ1) is 7.22. The Morgan fingerprint density at radius 1 is 1.40 bits per heavy atom. The molecule has 1 unspecified atom stereocenters. The molecule has 0 aliphatic heterocycles. The van der Waals surface area contributed by atoms with Crippen LogP contribution in [-0.2, 0) is 0 Å². The van der Waals surface area contributed by atoms with Gasteiger partial charge in [-0.1, -0.05) is 19.1 Å². The van der Waals surface area contributed by atoms with Gasteiger partial charge in [0.25, 0.3) is 0 Å². The average Bonchev–Trinajstić information content (AvgIpc) is 2.18. The zero-order valence-corrected chi connectivity index (χ0v) is 9.92. The second kappa shape index (κ2) is 6.46. The van der Waals surface area contributed by atoms with E-state index in [9.17, 15) is 0 Å². The minimum absolute atomic E-state index is 0.269. The second-order valence-electron chi connectivity index (χ2n) is 3.89. The summed E-state index contributed by atoms with van der Waals surface area (Å²) in [6, 6.07) is 8.19. The van der Waals surface area contributed by atoms with Crippen molar-refractivity contribution in [3.8, 4) is 5.75 Å². The molecular formula is C13H21NO. The molecule has 1 aromatic rings. The van der Waals surface area contributed by atoms with Crippen molar-refractivity contribution < 1.29 is 4.74 Å². The summed E-state index contributed by atoms with van der Waals surface area (Å²) in [5, 5.41) is 3.30. The fraction of sp³-hybridized carbons (Fsp3) is 0.538. The fourth-order valence-electron chi connectivity index (χ4n) is 1.46. The number of hydrogen-bond donors (Lipinski definition) is 1. The van der Waals surface area contributed by atoms with E-state index in [1.807, 2.05) is 12.1 Å². The van der Waals surface area contributed by atoms with Crippen LogP contribution in [0, 0.1) is 6.92 Å². The summed E-state index contributed by atoms with van der Waals surface area (Å²) in [6.45, 7) is 8.35. The monoisotopic (exact) mass is 207 g/mol. The van der Waals surface area contributed by atoms with Gasteiger partial charge in [0.05, 0.1) is 6.10 Å². The van der Waals surface area contributed by atoms with Crippen molar-refractivity contribution >= 4 is 0 Å². The molecule has 0 spiro atoms. The minimum Gasteiger partial charge on any atom is -0.491 e. The number of aryl methyl sites for hydroxylation is 1. The van der Waals surface area contributed by atoms with Crippen molar-refractivity contribution in [3.05, 3.63) is 29.8 Å². The lowest BCUT2D eigenvalue weighted by molar-refractivity contribution is 0.210. The van der Waals surface area contributed by atoms with Gasteiger partial charge >= 0.3 is 0 Å². The summed E-state index contributed by atoms with van der Waals surface area (Å²) in [7, 11) is 0. The van der Waals surface area contributed by atoms with E-state index in [1.165, 1.54) is 5.56 Å². The maximum atomic E-state index is 5.80. The second-order valence-corrected chi connectivity index (χ2v) is 3.89. The largest absolute Gasteiger partial charge is 0.491 e. The number of benzene rings is 1. The van der Waals surface area contributed by atoms with Crippen molar-refractivity contribution in [1.82, 2.24) is 5.32 Å². The molecule has 0 bridgehead atoms. The van der Waals surface area contributed by atoms with Gasteiger partial charge in [0.1, 0.15) is 5.75 Å². The van der Waals surface area contributed by atoms with Gasteiger partial charge in [0, 0.05) is 0 Å². The molecule has 1 N–H and O–H groups in total. The number of rotatable bonds is 6. The van der Waals surface area contributed by atoms with Gasteiger partial charge in [-0.25, -0.2) is 0 Å². The summed E-state index contributed by atoms with van der Waals surface area (Å²) >= 11 is 0. The smallest absolute Gasteiger partial charge is 0.119 e. The van der Waals surface area contributed by atoms with E-state index < -0.39 is 0 Å². The summed E-state index contributed by atoms with van der Waals surface area (Å²) in [5.41, 5.74) is 1.24. The average molecular weight is 207 g/mol. The standard InChI is InChI=1S/C13H21NO/c1-4-14-9-8-12(3)15-13-7-5-6-11(2)10-13/h5-7,10,12,14H,4,8-9H2,1-3H3. The van der Waals surface area contributed by atoms with Gasteiger partial charge in [0.15, 0.2) is 0 Å². The molecule has 0 fully saturated rings.